The maximum absolute atomic E-state index is 14.1. The SMILES string of the molecule is O=c1c2cc(-c3cccc(-c4nc(-c5ccccc5)nc(-c5ccccc5)n4)c3)ccc2n(-c2ccccc2)c(=O)n1-c1ccccc1. The van der Waals surface area contributed by atoms with Crippen molar-refractivity contribution in [2.75, 3.05) is 0 Å². The lowest BCUT2D eigenvalue weighted by molar-refractivity contribution is 0.835. The van der Waals surface area contributed by atoms with Crippen LogP contribution in [-0.2, 0) is 0 Å². The van der Waals surface area contributed by atoms with Gasteiger partial charge < -0.3 is 0 Å². The number of para-hydroxylation sites is 2. The Kier molecular flexibility index (Phi) is 7.32. The zero-order valence-electron chi connectivity index (χ0n) is 25.6. The minimum atomic E-state index is -0.432. The summed E-state index contributed by atoms with van der Waals surface area (Å²) in [4.78, 5) is 42.6. The molecule has 7 nitrogen and oxygen atoms in total. The Labute approximate surface area is 275 Å². The predicted molar refractivity (Wildman–Crippen MR) is 190 cm³/mol. The van der Waals surface area contributed by atoms with Gasteiger partial charge in [-0.05, 0) is 53.6 Å². The zero-order chi connectivity index (χ0) is 32.5. The molecule has 0 fully saturated rings. The number of aromatic nitrogens is 5. The van der Waals surface area contributed by atoms with Crippen LogP contribution in [0.3, 0.4) is 0 Å². The molecule has 0 saturated carbocycles. The highest BCUT2D eigenvalue weighted by Crippen LogP contribution is 2.29. The van der Waals surface area contributed by atoms with Gasteiger partial charge in [-0.25, -0.2) is 24.3 Å². The number of rotatable bonds is 6. The van der Waals surface area contributed by atoms with Gasteiger partial charge in [-0.2, -0.15) is 0 Å². The summed E-state index contributed by atoms with van der Waals surface area (Å²) in [6.07, 6.45) is 0. The quantitative estimate of drug-likeness (QED) is 0.188. The second-order valence-electron chi connectivity index (χ2n) is 11.3. The lowest BCUT2D eigenvalue weighted by atomic mass is 10.0. The van der Waals surface area contributed by atoms with Crippen LogP contribution in [0.4, 0.5) is 0 Å². The van der Waals surface area contributed by atoms with Crippen LogP contribution in [0.15, 0.2) is 173 Å². The molecule has 7 heteroatoms. The van der Waals surface area contributed by atoms with E-state index in [1.807, 2.05) is 152 Å². The molecule has 0 spiro atoms. The van der Waals surface area contributed by atoms with E-state index in [-0.39, 0.29) is 5.56 Å². The summed E-state index contributed by atoms with van der Waals surface area (Å²) in [6, 6.07) is 51.6. The van der Waals surface area contributed by atoms with E-state index in [1.54, 1.807) is 16.7 Å². The van der Waals surface area contributed by atoms with E-state index < -0.39 is 5.69 Å². The molecule has 48 heavy (non-hydrogen) atoms. The predicted octanol–water partition coefficient (Wildman–Crippen LogP) is 7.99. The van der Waals surface area contributed by atoms with Gasteiger partial charge in [0, 0.05) is 16.7 Å². The number of fused-ring (bicyclic) bond motifs is 1. The van der Waals surface area contributed by atoms with Crippen LogP contribution in [0.2, 0.25) is 0 Å². The number of nitrogens with zero attached hydrogens (tertiary/aromatic N) is 5. The van der Waals surface area contributed by atoms with Crippen LogP contribution >= 0.6 is 0 Å². The molecular formula is C41H27N5O2. The molecule has 0 N–H and O–H groups in total. The molecule has 2 aromatic heterocycles. The molecule has 0 aliphatic carbocycles. The van der Waals surface area contributed by atoms with Gasteiger partial charge in [-0.1, -0.05) is 121 Å². The van der Waals surface area contributed by atoms with Crippen molar-refractivity contribution in [1.82, 2.24) is 24.1 Å². The van der Waals surface area contributed by atoms with Gasteiger partial charge in [0.1, 0.15) is 0 Å². The van der Waals surface area contributed by atoms with Gasteiger partial charge in [0.15, 0.2) is 17.5 Å². The Morgan fingerprint density at radius 2 is 0.812 bits per heavy atom. The Hall–Kier alpha value is -6.73. The minimum Gasteiger partial charge on any atom is -0.268 e. The summed E-state index contributed by atoms with van der Waals surface area (Å²) < 4.78 is 2.82. The zero-order valence-corrected chi connectivity index (χ0v) is 25.6. The van der Waals surface area contributed by atoms with Crippen LogP contribution in [0.1, 0.15) is 0 Å². The van der Waals surface area contributed by atoms with Gasteiger partial charge in [0.05, 0.1) is 22.3 Å². The summed E-state index contributed by atoms with van der Waals surface area (Å²) in [7, 11) is 0. The Morgan fingerprint density at radius 3 is 1.38 bits per heavy atom. The van der Waals surface area contributed by atoms with Crippen molar-refractivity contribution in [1.29, 1.82) is 0 Å². The molecule has 0 aliphatic rings. The second kappa shape index (κ2) is 12.2. The molecule has 228 valence electrons. The number of hydrogen-bond donors (Lipinski definition) is 0. The van der Waals surface area contributed by atoms with Gasteiger partial charge in [0.25, 0.3) is 5.56 Å². The van der Waals surface area contributed by atoms with E-state index >= 15 is 0 Å². The summed E-state index contributed by atoms with van der Waals surface area (Å²) in [5.41, 5.74) is 5.17. The molecule has 0 bridgehead atoms. The largest absolute Gasteiger partial charge is 0.340 e. The summed E-state index contributed by atoms with van der Waals surface area (Å²) in [5, 5.41) is 0.420. The van der Waals surface area contributed by atoms with Gasteiger partial charge in [-0.15, -0.1) is 0 Å². The average Bonchev–Trinajstić information content (AvgIpc) is 3.16. The topological polar surface area (TPSA) is 82.7 Å². The number of hydrogen-bond acceptors (Lipinski definition) is 5. The fourth-order valence-corrected chi connectivity index (χ4v) is 5.90. The molecule has 6 aromatic carbocycles. The van der Waals surface area contributed by atoms with E-state index in [9.17, 15) is 9.59 Å². The molecule has 0 aliphatic heterocycles. The summed E-state index contributed by atoms with van der Waals surface area (Å²) in [6.45, 7) is 0. The molecule has 0 amide bonds. The van der Waals surface area contributed by atoms with Crippen LogP contribution in [0, 0.1) is 0 Å². The standard InChI is InChI=1S/C41H27N5O2/c47-40-35-27-31(24-25-36(35)45(33-20-9-3-10-21-33)41(48)46(40)34-22-11-4-12-23-34)30-18-13-19-32(26-30)39-43-37(28-14-5-1-6-15-28)42-38(44-39)29-16-7-2-8-17-29/h1-27H. The molecule has 2 heterocycles. The monoisotopic (exact) mass is 621 g/mol. The average molecular weight is 622 g/mol. The van der Waals surface area contributed by atoms with Crippen molar-refractivity contribution in [2.45, 2.75) is 0 Å². The van der Waals surface area contributed by atoms with Crippen molar-refractivity contribution in [3.63, 3.8) is 0 Å². The molecule has 8 aromatic rings. The van der Waals surface area contributed by atoms with Crippen LogP contribution in [0.25, 0.3) is 67.6 Å². The van der Waals surface area contributed by atoms with E-state index in [4.69, 9.17) is 15.0 Å². The Morgan fingerprint density at radius 1 is 0.375 bits per heavy atom. The molecule has 0 unspecified atom stereocenters. The van der Waals surface area contributed by atoms with Gasteiger partial charge >= 0.3 is 5.69 Å². The third-order valence-corrected chi connectivity index (χ3v) is 8.24. The van der Waals surface area contributed by atoms with Crippen LogP contribution < -0.4 is 11.2 Å². The van der Waals surface area contributed by atoms with Crippen molar-refractivity contribution in [3.05, 3.63) is 185 Å². The van der Waals surface area contributed by atoms with E-state index in [2.05, 4.69) is 0 Å². The fourth-order valence-electron chi connectivity index (χ4n) is 5.90. The smallest absolute Gasteiger partial charge is 0.268 e. The van der Waals surface area contributed by atoms with E-state index in [0.29, 0.717) is 39.8 Å². The van der Waals surface area contributed by atoms with Crippen LogP contribution in [-0.4, -0.2) is 24.1 Å². The van der Waals surface area contributed by atoms with E-state index in [0.717, 1.165) is 27.8 Å². The Balaban J connectivity index is 1.30. The first-order valence-corrected chi connectivity index (χ1v) is 15.5. The number of benzene rings is 6. The highest BCUT2D eigenvalue weighted by Gasteiger charge is 2.18. The summed E-state index contributed by atoms with van der Waals surface area (Å²) >= 11 is 0. The summed E-state index contributed by atoms with van der Waals surface area (Å²) in [5.74, 6) is 1.70. The minimum absolute atomic E-state index is 0.385. The molecular weight excluding hydrogens is 594 g/mol. The molecule has 0 radical (unpaired) electrons. The third kappa shape index (κ3) is 5.29. The van der Waals surface area contributed by atoms with Crippen molar-refractivity contribution < 1.29 is 0 Å². The Bertz CT molecular complexity index is 2470. The maximum atomic E-state index is 14.1. The second-order valence-corrected chi connectivity index (χ2v) is 11.3. The lowest BCUT2D eigenvalue weighted by Gasteiger charge is -2.15. The first kappa shape index (κ1) is 28.7. The van der Waals surface area contributed by atoms with Crippen molar-refractivity contribution in [3.8, 4) is 56.7 Å². The maximum Gasteiger partial charge on any atom is 0.340 e. The normalized spacial score (nSPS) is 11.1. The molecule has 8 rings (SSSR count). The lowest BCUT2D eigenvalue weighted by Crippen LogP contribution is -2.38. The first-order chi connectivity index (χ1) is 23.6. The van der Waals surface area contributed by atoms with Gasteiger partial charge in [-0.3, -0.25) is 9.36 Å². The first-order valence-electron chi connectivity index (χ1n) is 15.5. The molecule has 0 atom stereocenters. The fraction of sp³-hybridized carbons (Fsp3) is 0. The van der Waals surface area contributed by atoms with Crippen molar-refractivity contribution >= 4 is 10.9 Å². The third-order valence-electron chi connectivity index (χ3n) is 8.24. The van der Waals surface area contributed by atoms with E-state index in [1.165, 1.54) is 4.57 Å². The highest BCUT2D eigenvalue weighted by molar-refractivity contribution is 5.86. The van der Waals surface area contributed by atoms with Crippen LogP contribution in [0.5, 0.6) is 0 Å². The molecule has 0 saturated heterocycles. The highest BCUT2D eigenvalue weighted by atomic mass is 16.2. The van der Waals surface area contributed by atoms with Crippen molar-refractivity contribution in [2.24, 2.45) is 0 Å². The van der Waals surface area contributed by atoms with Gasteiger partial charge in [0.2, 0.25) is 0 Å².